The number of hydrogen-bond donors (Lipinski definition) is 0. The van der Waals surface area contributed by atoms with E-state index in [1.165, 1.54) is 43.2 Å². The minimum absolute atomic E-state index is 0.531. The van der Waals surface area contributed by atoms with Crippen molar-refractivity contribution >= 4 is 28.0 Å². The lowest BCUT2D eigenvalue weighted by Crippen LogP contribution is -2.42. The number of amidine groups is 1. The molecule has 1 aliphatic heterocycles. The van der Waals surface area contributed by atoms with Crippen molar-refractivity contribution in [2.75, 3.05) is 20.8 Å². The number of aromatic nitrogens is 3. The maximum atomic E-state index is 5.50. The fourth-order valence-electron chi connectivity index (χ4n) is 5.67. The molecule has 4 aromatic rings. The van der Waals surface area contributed by atoms with E-state index >= 15 is 0 Å². The Hall–Kier alpha value is -3.52. The molecule has 0 saturated heterocycles. The Bertz CT molecular complexity index is 1490. The predicted octanol–water partition coefficient (Wildman–Crippen LogP) is 6.59. The van der Waals surface area contributed by atoms with Gasteiger partial charge in [-0.2, -0.15) is 5.10 Å². The Labute approximate surface area is 234 Å². The van der Waals surface area contributed by atoms with Crippen molar-refractivity contribution in [1.82, 2.24) is 19.7 Å². The van der Waals surface area contributed by atoms with Gasteiger partial charge in [-0.25, -0.2) is 9.67 Å². The second-order valence-corrected chi connectivity index (χ2v) is 11.2. The van der Waals surface area contributed by atoms with Crippen LogP contribution in [0.2, 0.25) is 0 Å². The smallest absolute Gasteiger partial charge is 0.166 e. The van der Waals surface area contributed by atoms with Gasteiger partial charge < -0.3 is 14.4 Å². The number of ether oxygens (including phenoxy) is 2. The van der Waals surface area contributed by atoms with E-state index in [2.05, 4.69) is 36.1 Å². The third kappa shape index (κ3) is 5.22. The highest BCUT2D eigenvalue weighted by molar-refractivity contribution is 8.13. The molecule has 2 aromatic carbocycles. The van der Waals surface area contributed by atoms with Crippen LogP contribution in [0.4, 0.5) is 0 Å². The number of para-hydroxylation sites is 1. The van der Waals surface area contributed by atoms with E-state index in [1.807, 2.05) is 35.0 Å². The zero-order valence-electron chi connectivity index (χ0n) is 22.9. The SMILES string of the molecule is COc1ccc(CCN=C2Sc3nc4c(cc3CN2C2CCCCC2)c(C)nn4-c2ccccc2)cc1OC. The highest BCUT2D eigenvalue weighted by Gasteiger charge is 2.31. The zero-order valence-corrected chi connectivity index (χ0v) is 23.7. The van der Waals surface area contributed by atoms with E-state index in [0.717, 1.165) is 57.1 Å². The highest BCUT2D eigenvalue weighted by Crippen LogP contribution is 2.38. The van der Waals surface area contributed by atoms with Crippen LogP contribution in [0.15, 0.2) is 64.6 Å². The van der Waals surface area contributed by atoms with E-state index in [1.54, 1.807) is 26.0 Å². The number of hydrogen-bond acceptors (Lipinski definition) is 6. The van der Waals surface area contributed by atoms with Gasteiger partial charge in [-0.1, -0.05) is 43.5 Å². The van der Waals surface area contributed by atoms with Crippen LogP contribution in [0.25, 0.3) is 16.7 Å². The lowest BCUT2D eigenvalue weighted by Gasteiger charge is -2.39. The maximum absolute atomic E-state index is 5.50. The molecule has 202 valence electrons. The summed E-state index contributed by atoms with van der Waals surface area (Å²) < 4.78 is 12.9. The standard InChI is InChI=1S/C31H35N5O2S/c1-21-26-19-23-20-35(24-10-6-4-7-11-24)31(32-17-16-22-14-15-27(37-2)28(18-22)38-3)39-30(23)33-29(26)36(34-21)25-12-8-5-9-13-25/h5,8-9,12-15,18-19,24H,4,6-7,10-11,16-17,20H2,1-3H3. The summed E-state index contributed by atoms with van der Waals surface area (Å²) in [6.07, 6.45) is 7.20. The Kier molecular flexibility index (Phi) is 7.46. The minimum Gasteiger partial charge on any atom is -0.493 e. The molecule has 0 amide bonds. The maximum Gasteiger partial charge on any atom is 0.166 e. The van der Waals surface area contributed by atoms with Crippen molar-refractivity contribution in [2.24, 2.45) is 4.99 Å². The quantitative estimate of drug-likeness (QED) is 0.263. The van der Waals surface area contributed by atoms with E-state index in [9.17, 15) is 0 Å². The molecule has 7 nitrogen and oxygen atoms in total. The van der Waals surface area contributed by atoms with Gasteiger partial charge in [0.2, 0.25) is 0 Å². The predicted molar refractivity (Wildman–Crippen MR) is 157 cm³/mol. The van der Waals surface area contributed by atoms with Crippen LogP contribution in [-0.4, -0.2) is 51.6 Å². The zero-order chi connectivity index (χ0) is 26.8. The van der Waals surface area contributed by atoms with Gasteiger partial charge in [-0.15, -0.1) is 0 Å². The molecule has 1 fully saturated rings. The average Bonchev–Trinajstić information content (AvgIpc) is 3.31. The summed E-state index contributed by atoms with van der Waals surface area (Å²) >= 11 is 1.71. The Morgan fingerprint density at radius 3 is 2.54 bits per heavy atom. The van der Waals surface area contributed by atoms with Gasteiger partial charge in [-0.3, -0.25) is 4.99 Å². The molecule has 3 heterocycles. The number of rotatable bonds is 7. The molecule has 1 saturated carbocycles. The summed E-state index contributed by atoms with van der Waals surface area (Å²) in [5.41, 5.74) is 5.39. The average molecular weight is 542 g/mol. The minimum atomic E-state index is 0.531. The summed E-state index contributed by atoms with van der Waals surface area (Å²) in [6, 6.07) is 19.2. The van der Waals surface area contributed by atoms with Gasteiger partial charge in [0, 0.05) is 30.1 Å². The summed E-state index contributed by atoms with van der Waals surface area (Å²) in [5, 5.41) is 8.10. The molecule has 0 atom stereocenters. The molecule has 1 aliphatic carbocycles. The molecule has 8 heteroatoms. The fourth-order valence-corrected chi connectivity index (χ4v) is 6.72. The number of fused-ring (bicyclic) bond motifs is 2. The molecule has 2 aromatic heterocycles. The number of aliphatic imine (C=N–C) groups is 1. The second-order valence-electron chi connectivity index (χ2n) is 10.3. The molecular weight excluding hydrogens is 506 g/mol. The Morgan fingerprint density at radius 1 is 0.974 bits per heavy atom. The molecule has 0 bridgehead atoms. The van der Waals surface area contributed by atoms with Gasteiger partial charge in [0.15, 0.2) is 22.3 Å². The largest absolute Gasteiger partial charge is 0.493 e. The summed E-state index contributed by atoms with van der Waals surface area (Å²) in [7, 11) is 3.34. The van der Waals surface area contributed by atoms with Crippen molar-refractivity contribution in [1.29, 1.82) is 0 Å². The number of aryl methyl sites for hydroxylation is 1. The number of nitrogens with zero attached hydrogens (tertiary/aromatic N) is 5. The van der Waals surface area contributed by atoms with Crippen molar-refractivity contribution in [3.05, 3.63) is 71.4 Å². The van der Waals surface area contributed by atoms with Gasteiger partial charge in [0.25, 0.3) is 0 Å². The lowest BCUT2D eigenvalue weighted by molar-refractivity contribution is 0.238. The molecule has 2 aliphatic rings. The Balaban J connectivity index is 1.32. The molecule has 0 N–H and O–H groups in total. The summed E-state index contributed by atoms with van der Waals surface area (Å²) in [4.78, 5) is 12.9. The first-order chi connectivity index (χ1) is 19.1. The van der Waals surface area contributed by atoms with Gasteiger partial charge in [0.1, 0.15) is 5.03 Å². The van der Waals surface area contributed by atoms with Crippen molar-refractivity contribution in [2.45, 2.75) is 63.1 Å². The van der Waals surface area contributed by atoms with E-state index in [4.69, 9.17) is 24.5 Å². The monoisotopic (exact) mass is 541 g/mol. The highest BCUT2D eigenvalue weighted by atomic mass is 32.2. The van der Waals surface area contributed by atoms with Crippen LogP contribution in [0.1, 0.15) is 48.9 Å². The number of benzene rings is 2. The normalized spacial score (nSPS) is 17.0. The van der Waals surface area contributed by atoms with Gasteiger partial charge in [0.05, 0.1) is 25.6 Å². The number of pyridine rings is 1. The third-order valence-corrected chi connectivity index (χ3v) is 8.86. The first kappa shape index (κ1) is 25.7. The fraction of sp³-hybridized carbons (Fsp3) is 0.387. The molecule has 0 spiro atoms. The van der Waals surface area contributed by atoms with Crippen molar-refractivity contribution in [3.63, 3.8) is 0 Å². The third-order valence-electron chi connectivity index (χ3n) is 7.77. The second kappa shape index (κ2) is 11.3. The first-order valence-corrected chi connectivity index (χ1v) is 14.6. The van der Waals surface area contributed by atoms with Crippen LogP contribution in [-0.2, 0) is 13.0 Å². The van der Waals surface area contributed by atoms with Gasteiger partial charge >= 0.3 is 0 Å². The van der Waals surface area contributed by atoms with Crippen LogP contribution in [0, 0.1) is 6.92 Å². The topological polar surface area (TPSA) is 64.8 Å². The lowest BCUT2D eigenvalue weighted by atomic mass is 9.94. The molecule has 39 heavy (non-hydrogen) atoms. The van der Waals surface area contributed by atoms with Crippen molar-refractivity contribution < 1.29 is 9.47 Å². The van der Waals surface area contributed by atoms with Crippen LogP contribution >= 0.6 is 11.8 Å². The van der Waals surface area contributed by atoms with Gasteiger partial charge in [-0.05, 0) is 73.8 Å². The summed E-state index contributed by atoms with van der Waals surface area (Å²) in [6.45, 7) is 3.63. The number of methoxy groups -OCH3 is 2. The van der Waals surface area contributed by atoms with Crippen LogP contribution in [0.3, 0.4) is 0 Å². The molecule has 0 unspecified atom stereocenters. The molecular formula is C31H35N5O2S. The summed E-state index contributed by atoms with van der Waals surface area (Å²) in [5.74, 6) is 1.50. The first-order valence-electron chi connectivity index (χ1n) is 13.8. The van der Waals surface area contributed by atoms with E-state index < -0.39 is 0 Å². The molecule has 6 rings (SSSR count). The Morgan fingerprint density at radius 2 is 1.77 bits per heavy atom. The van der Waals surface area contributed by atoms with Crippen LogP contribution in [0.5, 0.6) is 11.5 Å². The van der Waals surface area contributed by atoms with E-state index in [-0.39, 0.29) is 0 Å². The molecule has 0 radical (unpaired) electrons. The number of thioether (sulfide) groups is 1. The van der Waals surface area contributed by atoms with Crippen LogP contribution < -0.4 is 9.47 Å². The van der Waals surface area contributed by atoms with Crippen molar-refractivity contribution in [3.8, 4) is 17.2 Å². The van der Waals surface area contributed by atoms with E-state index in [0.29, 0.717) is 12.6 Å².